The number of likely N-dealkylation sites (tertiary alicyclic amines) is 1. The highest BCUT2D eigenvalue weighted by Gasteiger charge is 2.46. The summed E-state index contributed by atoms with van der Waals surface area (Å²) in [4.78, 5) is 6.27. The predicted octanol–water partition coefficient (Wildman–Crippen LogP) is 2.63. The van der Waals surface area contributed by atoms with E-state index in [4.69, 9.17) is 13.9 Å². The van der Waals surface area contributed by atoms with Crippen molar-refractivity contribution in [2.45, 2.75) is 31.1 Å². The number of hydrogen-bond donors (Lipinski definition) is 0. The van der Waals surface area contributed by atoms with Crippen molar-refractivity contribution in [2.24, 2.45) is 0 Å². The Bertz CT molecular complexity index is 664. The lowest BCUT2D eigenvalue weighted by Crippen LogP contribution is -2.33. The van der Waals surface area contributed by atoms with E-state index < -0.39 is 5.82 Å². The monoisotopic (exact) mass is 318 g/mol. The lowest BCUT2D eigenvalue weighted by atomic mass is 9.98. The van der Waals surface area contributed by atoms with Gasteiger partial charge in [0, 0.05) is 25.7 Å². The summed E-state index contributed by atoms with van der Waals surface area (Å²) >= 11 is 0. The van der Waals surface area contributed by atoms with Crippen molar-refractivity contribution in [2.75, 3.05) is 19.7 Å². The molecule has 122 valence electrons. The maximum Gasteiger partial charge on any atom is 0.250 e. The molecule has 6 heteroatoms. The van der Waals surface area contributed by atoms with Crippen LogP contribution in [0.2, 0.25) is 0 Å². The van der Waals surface area contributed by atoms with Crippen LogP contribution in [0.5, 0.6) is 5.88 Å². The average Bonchev–Trinajstić information content (AvgIpc) is 3.26. The minimum Gasteiger partial charge on any atom is -0.470 e. The highest BCUT2D eigenvalue weighted by molar-refractivity contribution is 5.14. The van der Waals surface area contributed by atoms with Crippen molar-refractivity contribution in [3.63, 3.8) is 0 Å². The topological polar surface area (TPSA) is 47.7 Å². The zero-order chi connectivity index (χ0) is 15.7. The summed E-state index contributed by atoms with van der Waals surface area (Å²) in [5.41, 5.74) is -0.192. The maximum absolute atomic E-state index is 13.6. The minimum absolute atomic E-state index is 0.0589. The molecular formula is C17H19FN2O3. The molecule has 0 bridgehead atoms. The van der Waals surface area contributed by atoms with Crippen LogP contribution in [0.3, 0.4) is 0 Å². The maximum atomic E-state index is 13.6. The second kappa shape index (κ2) is 5.94. The first kappa shape index (κ1) is 14.7. The van der Waals surface area contributed by atoms with E-state index in [9.17, 15) is 4.39 Å². The summed E-state index contributed by atoms with van der Waals surface area (Å²) in [6.45, 7) is 3.08. The van der Waals surface area contributed by atoms with Gasteiger partial charge in [0.2, 0.25) is 0 Å². The van der Waals surface area contributed by atoms with Gasteiger partial charge in [0.15, 0.2) is 5.82 Å². The van der Waals surface area contributed by atoms with Gasteiger partial charge in [-0.3, -0.25) is 4.90 Å². The standard InChI is InChI=1S/C17H19FN2O3/c18-15-4-1-6-19-16(15)23-14-9-17(22-11-14)5-7-20(12-17)10-13-3-2-8-21-13/h1-4,6,8,14H,5,7,9-12H2/t14-,17-/m0/s1. The van der Waals surface area contributed by atoms with Crippen LogP contribution in [0.4, 0.5) is 4.39 Å². The summed E-state index contributed by atoms with van der Waals surface area (Å²) in [5.74, 6) is 0.589. The molecule has 0 amide bonds. The molecular weight excluding hydrogens is 299 g/mol. The van der Waals surface area contributed by atoms with Crippen molar-refractivity contribution >= 4 is 0 Å². The first-order valence-corrected chi connectivity index (χ1v) is 7.88. The van der Waals surface area contributed by atoms with Gasteiger partial charge in [-0.15, -0.1) is 0 Å². The van der Waals surface area contributed by atoms with Crippen LogP contribution in [0, 0.1) is 5.82 Å². The van der Waals surface area contributed by atoms with E-state index in [1.807, 2.05) is 12.1 Å². The van der Waals surface area contributed by atoms with Gasteiger partial charge in [0.05, 0.1) is 25.0 Å². The average molecular weight is 318 g/mol. The summed E-state index contributed by atoms with van der Waals surface area (Å²) < 4.78 is 30.8. The van der Waals surface area contributed by atoms with Gasteiger partial charge in [-0.2, -0.15) is 0 Å². The van der Waals surface area contributed by atoms with Crippen LogP contribution in [-0.2, 0) is 11.3 Å². The Hall–Kier alpha value is -1.92. The van der Waals surface area contributed by atoms with Crippen molar-refractivity contribution in [1.29, 1.82) is 0 Å². The van der Waals surface area contributed by atoms with Crippen LogP contribution in [-0.4, -0.2) is 41.3 Å². The van der Waals surface area contributed by atoms with Gasteiger partial charge in [-0.05, 0) is 30.7 Å². The molecule has 23 heavy (non-hydrogen) atoms. The van der Waals surface area contributed by atoms with Crippen LogP contribution in [0.25, 0.3) is 0 Å². The lowest BCUT2D eigenvalue weighted by Gasteiger charge is -2.23. The Labute approximate surface area is 134 Å². The zero-order valence-electron chi connectivity index (χ0n) is 12.8. The summed E-state index contributed by atoms with van der Waals surface area (Å²) in [5, 5.41) is 0. The molecule has 2 saturated heterocycles. The fraction of sp³-hybridized carbons (Fsp3) is 0.471. The molecule has 2 aromatic rings. The Morgan fingerprint density at radius 2 is 2.35 bits per heavy atom. The molecule has 0 unspecified atom stereocenters. The summed E-state index contributed by atoms with van der Waals surface area (Å²) in [7, 11) is 0. The third-order valence-corrected chi connectivity index (χ3v) is 4.53. The van der Waals surface area contributed by atoms with Gasteiger partial charge in [0.25, 0.3) is 5.88 Å². The van der Waals surface area contributed by atoms with Gasteiger partial charge in [0.1, 0.15) is 11.9 Å². The first-order valence-electron chi connectivity index (χ1n) is 7.88. The number of pyridine rings is 1. The van der Waals surface area contributed by atoms with Gasteiger partial charge < -0.3 is 13.9 Å². The number of aromatic nitrogens is 1. The van der Waals surface area contributed by atoms with E-state index in [-0.39, 0.29) is 17.6 Å². The van der Waals surface area contributed by atoms with E-state index in [0.717, 1.165) is 38.2 Å². The Morgan fingerprint density at radius 3 is 3.17 bits per heavy atom. The second-order valence-corrected chi connectivity index (χ2v) is 6.27. The Kier molecular flexibility index (Phi) is 3.79. The molecule has 1 spiro atoms. The minimum atomic E-state index is -0.431. The largest absolute Gasteiger partial charge is 0.470 e. The molecule has 0 saturated carbocycles. The van der Waals surface area contributed by atoms with Gasteiger partial charge >= 0.3 is 0 Å². The normalized spacial score (nSPS) is 27.8. The summed E-state index contributed by atoms with van der Waals surface area (Å²) in [6, 6.07) is 6.79. The molecule has 2 fully saturated rings. The van der Waals surface area contributed by atoms with E-state index in [0.29, 0.717) is 6.61 Å². The summed E-state index contributed by atoms with van der Waals surface area (Å²) in [6.07, 6.45) is 4.79. The van der Waals surface area contributed by atoms with Crippen molar-refractivity contribution in [1.82, 2.24) is 9.88 Å². The zero-order valence-corrected chi connectivity index (χ0v) is 12.8. The molecule has 0 aromatic carbocycles. The molecule has 0 N–H and O–H groups in total. The Morgan fingerprint density at radius 1 is 1.39 bits per heavy atom. The number of hydrogen-bond acceptors (Lipinski definition) is 5. The number of ether oxygens (including phenoxy) is 2. The fourth-order valence-corrected chi connectivity index (χ4v) is 3.46. The van der Waals surface area contributed by atoms with Crippen molar-refractivity contribution in [3.8, 4) is 5.88 Å². The number of furan rings is 1. The number of halogens is 1. The molecule has 2 atom stereocenters. The molecule has 4 rings (SSSR count). The molecule has 4 heterocycles. The highest BCUT2D eigenvalue weighted by Crippen LogP contribution is 2.37. The highest BCUT2D eigenvalue weighted by atomic mass is 19.1. The predicted molar refractivity (Wildman–Crippen MR) is 80.5 cm³/mol. The quantitative estimate of drug-likeness (QED) is 0.867. The first-order chi connectivity index (χ1) is 11.2. The molecule has 2 aliphatic heterocycles. The third kappa shape index (κ3) is 3.09. The smallest absolute Gasteiger partial charge is 0.250 e. The molecule has 2 aliphatic rings. The molecule has 0 radical (unpaired) electrons. The van der Waals surface area contributed by atoms with E-state index in [2.05, 4.69) is 9.88 Å². The third-order valence-electron chi connectivity index (χ3n) is 4.53. The SMILES string of the molecule is Fc1cccnc1O[C@@H]1CO[C@@]2(CCN(Cc3ccco3)C2)C1. The lowest BCUT2D eigenvalue weighted by molar-refractivity contribution is 0.00875. The van der Waals surface area contributed by atoms with Crippen LogP contribution < -0.4 is 4.74 Å². The number of nitrogens with zero attached hydrogens (tertiary/aromatic N) is 2. The second-order valence-electron chi connectivity index (χ2n) is 6.27. The van der Waals surface area contributed by atoms with Gasteiger partial charge in [-0.25, -0.2) is 9.37 Å². The van der Waals surface area contributed by atoms with Crippen LogP contribution in [0.15, 0.2) is 41.1 Å². The molecule has 5 nitrogen and oxygen atoms in total. The van der Waals surface area contributed by atoms with Crippen LogP contribution in [0.1, 0.15) is 18.6 Å². The van der Waals surface area contributed by atoms with E-state index in [1.165, 1.54) is 12.3 Å². The molecule has 2 aromatic heterocycles. The fourth-order valence-electron chi connectivity index (χ4n) is 3.46. The van der Waals surface area contributed by atoms with Crippen molar-refractivity contribution < 1.29 is 18.3 Å². The van der Waals surface area contributed by atoms with Gasteiger partial charge in [-0.1, -0.05) is 0 Å². The molecule has 0 aliphatic carbocycles. The number of rotatable bonds is 4. The van der Waals surface area contributed by atoms with Crippen LogP contribution >= 0.6 is 0 Å². The van der Waals surface area contributed by atoms with E-state index in [1.54, 1.807) is 12.3 Å². The van der Waals surface area contributed by atoms with Crippen molar-refractivity contribution in [3.05, 3.63) is 48.3 Å². The Balaban J connectivity index is 1.36. The van der Waals surface area contributed by atoms with E-state index >= 15 is 0 Å².